The summed E-state index contributed by atoms with van der Waals surface area (Å²) in [4.78, 5) is 18.9. The van der Waals surface area contributed by atoms with E-state index in [2.05, 4.69) is 15.9 Å². The summed E-state index contributed by atoms with van der Waals surface area (Å²) in [6, 6.07) is 12.8. The van der Waals surface area contributed by atoms with Crippen LogP contribution in [0.2, 0.25) is 0 Å². The zero-order valence-corrected chi connectivity index (χ0v) is 21.4. The van der Waals surface area contributed by atoms with Gasteiger partial charge in [-0.05, 0) is 109 Å². The van der Waals surface area contributed by atoms with Gasteiger partial charge in [0, 0.05) is 41.1 Å². The Morgan fingerprint density at radius 2 is 1.80 bits per heavy atom. The number of halogens is 1. The molecule has 5 rings (SSSR count). The summed E-state index contributed by atoms with van der Waals surface area (Å²) in [6.45, 7) is 6.09. The number of allylic oxidation sites excluding steroid dienone is 2. The number of carbonyl (C=O) groups is 1. The molecule has 0 radical (unpaired) electrons. The van der Waals surface area contributed by atoms with Crippen LogP contribution in [-0.4, -0.2) is 58.4 Å². The molecule has 6 heteroatoms. The molecule has 2 aromatic rings. The second kappa shape index (κ2) is 10.2. The molecule has 2 heterocycles. The van der Waals surface area contributed by atoms with Crippen molar-refractivity contribution < 1.29 is 13.4 Å². The van der Waals surface area contributed by atoms with Crippen molar-refractivity contribution in [3.8, 4) is 0 Å². The van der Waals surface area contributed by atoms with Gasteiger partial charge in [0.05, 0.1) is 6.42 Å². The van der Waals surface area contributed by atoms with Crippen LogP contribution in [-0.2, 0) is 15.6 Å². The monoisotopic (exact) mass is 492 g/mol. The van der Waals surface area contributed by atoms with E-state index in [1.54, 1.807) is 12.3 Å². The first-order valence-electron chi connectivity index (χ1n) is 12.6. The molecule has 2 fully saturated rings. The van der Waals surface area contributed by atoms with Gasteiger partial charge in [0.15, 0.2) is 0 Å². The lowest BCUT2D eigenvalue weighted by atomic mass is 10.0. The first-order chi connectivity index (χ1) is 16.9. The Hall–Kier alpha value is -2.57. The van der Waals surface area contributed by atoms with E-state index in [1.165, 1.54) is 18.9 Å². The minimum atomic E-state index is -1.02. The molecule has 2 saturated heterocycles. The summed E-state index contributed by atoms with van der Waals surface area (Å²) < 4.78 is 26.0. The maximum atomic E-state index is 14.3. The molecule has 0 bridgehead atoms. The maximum Gasteiger partial charge on any atom is 0.227 e. The van der Waals surface area contributed by atoms with Crippen LogP contribution >= 0.6 is 0 Å². The summed E-state index contributed by atoms with van der Waals surface area (Å²) in [5.41, 5.74) is 5.74. The molecule has 2 atom stereocenters. The van der Waals surface area contributed by atoms with Crippen LogP contribution in [0.15, 0.2) is 52.9 Å². The van der Waals surface area contributed by atoms with Crippen molar-refractivity contribution >= 4 is 33.9 Å². The quantitative estimate of drug-likeness (QED) is 0.545. The van der Waals surface area contributed by atoms with E-state index in [0.29, 0.717) is 6.42 Å². The van der Waals surface area contributed by atoms with Crippen molar-refractivity contribution in [2.75, 3.05) is 32.4 Å². The minimum Gasteiger partial charge on any atom is -0.338 e. The second-order valence-corrected chi connectivity index (χ2v) is 11.3. The minimum absolute atomic E-state index is 0.146. The molecular weight excluding hydrogens is 459 g/mol. The predicted molar refractivity (Wildman–Crippen MR) is 141 cm³/mol. The predicted octanol–water partition coefficient (Wildman–Crippen LogP) is 5.37. The number of amides is 1. The number of hydrogen-bond donors (Lipinski definition) is 0. The van der Waals surface area contributed by atoms with Gasteiger partial charge in [-0.2, -0.15) is 0 Å². The van der Waals surface area contributed by atoms with Gasteiger partial charge in [-0.3, -0.25) is 9.00 Å². The summed E-state index contributed by atoms with van der Waals surface area (Å²) >= 11 is 0. The highest BCUT2D eigenvalue weighted by molar-refractivity contribution is 7.84. The molecule has 1 unspecified atom stereocenters. The van der Waals surface area contributed by atoms with Gasteiger partial charge in [0.25, 0.3) is 0 Å². The van der Waals surface area contributed by atoms with Gasteiger partial charge < -0.3 is 9.80 Å². The SMILES string of the molecule is CC1=C(CC(=O)N2CCC[C@H]2CN2CCCC2)c2cc(F)ccc2/C1=C\c1ccc(S(C)=O)cc1. The van der Waals surface area contributed by atoms with Crippen molar-refractivity contribution in [2.24, 2.45) is 0 Å². The standard InChI is InChI=1S/C29H33FN2O2S/c1-20-26(16-21-7-10-24(11-8-21)35(2)34)25-12-9-22(30)17-28(25)27(20)18-29(33)32-15-5-6-23(32)19-31-13-3-4-14-31/h7-12,16-17,23H,3-6,13-15,18-19H2,1-2H3/b26-16-/t23-,35?/m0/s1. The molecule has 1 amide bonds. The molecular formula is C29H33FN2O2S. The fraction of sp³-hybridized carbons (Fsp3) is 0.414. The van der Waals surface area contributed by atoms with Gasteiger partial charge >= 0.3 is 0 Å². The second-order valence-electron chi connectivity index (χ2n) is 9.94. The van der Waals surface area contributed by atoms with Crippen molar-refractivity contribution in [1.82, 2.24) is 9.80 Å². The number of rotatable bonds is 6. The lowest BCUT2D eigenvalue weighted by Gasteiger charge is -2.29. The smallest absolute Gasteiger partial charge is 0.227 e. The van der Waals surface area contributed by atoms with Gasteiger partial charge in [-0.25, -0.2) is 4.39 Å². The van der Waals surface area contributed by atoms with E-state index in [0.717, 1.165) is 77.3 Å². The number of fused-ring (bicyclic) bond motifs is 1. The summed E-state index contributed by atoms with van der Waals surface area (Å²) in [6.07, 6.45) is 8.67. The first-order valence-corrected chi connectivity index (χ1v) is 14.1. The Morgan fingerprint density at radius 1 is 1.06 bits per heavy atom. The van der Waals surface area contributed by atoms with Crippen molar-refractivity contribution in [2.45, 2.75) is 50.0 Å². The molecule has 0 spiro atoms. The molecule has 0 aromatic heterocycles. The molecule has 3 aliphatic rings. The Bertz CT molecular complexity index is 1210. The highest BCUT2D eigenvalue weighted by Gasteiger charge is 2.33. The highest BCUT2D eigenvalue weighted by atomic mass is 32.2. The Morgan fingerprint density at radius 3 is 2.51 bits per heavy atom. The van der Waals surface area contributed by atoms with Crippen LogP contribution in [0.5, 0.6) is 0 Å². The molecule has 35 heavy (non-hydrogen) atoms. The van der Waals surface area contributed by atoms with E-state index in [1.807, 2.05) is 37.3 Å². The summed E-state index contributed by atoms with van der Waals surface area (Å²) in [7, 11) is -1.02. The van der Waals surface area contributed by atoms with Crippen molar-refractivity contribution in [1.29, 1.82) is 0 Å². The van der Waals surface area contributed by atoms with Crippen LogP contribution < -0.4 is 0 Å². The summed E-state index contributed by atoms with van der Waals surface area (Å²) in [5.74, 6) is -0.141. The lowest BCUT2D eigenvalue weighted by molar-refractivity contribution is -0.131. The molecule has 0 saturated carbocycles. The molecule has 2 aliphatic heterocycles. The molecule has 0 N–H and O–H groups in total. The van der Waals surface area contributed by atoms with Crippen molar-refractivity contribution in [3.63, 3.8) is 0 Å². The Labute approximate surface area is 210 Å². The third-order valence-electron chi connectivity index (χ3n) is 7.67. The largest absolute Gasteiger partial charge is 0.338 e. The van der Waals surface area contributed by atoms with Crippen LogP contribution in [0.4, 0.5) is 4.39 Å². The zero-order valence-electron chi connectivity index (χ0n) is 20.6. The fourth-order valence-corrected chi connectivity index (χ4v) is 6.29. The van der Waals surface area contributed by atoms with E-state index >= 15 is 0 Å². The number of nitrogens with zero attached hydrogens (tertiary/aromatic N) is 2. The molecule has 1 aliphatic carbocycles. The maximum absolute atomic E-state index is 14.3. The third-order valence-corrected chi connectivity index (χ3v) is 8.61. The lowest BCUT2D eigenvalue weighted by Crippen LogP contribution is -2.42. The Balaban J connectivity index is 1.42. The topological polar surface area (TPSA) is 40.6 Å². The normalized spacial score (nSPS) is 22.3. The molecule has 4 nitrogen and oxygen atoms in total. The third kappa shape index (κ3) is 5.05. The van der Waals surface area contributed by atoms with Gasteiger partial charge in [0.2, 0.25) is 5.91 Å². The van der Waals surface area contributed by atoms with Crippen molar-refractivity contribution in [3.05, 3.63) is 70.5 Å². The van der Waals surface area contributed by atoms with Gasteiger partial charge in [0.1, 0.15) is 5.82 Å². The van der Waals surface area contributed by atoms with Crippen LogP contribution in [0.25, 0.3) is 17.2 Å². The average molecular weight is 493 g/mol. The van der Waals surface area contributed by atoms with Gasteiger partial charge in [-0.1, -0.05) is 18.2 Å². The van der Waals surface area contributed by atoms with Crippen LogP contribution in [0, 0.1) is 5.82 Å². The van der Waals surface area contributed by atoms with E-state index in [9.17, 15) is 13.4 Å². The van der Waals surface area contributed by atoms with Crippen LogP contribution in [0.1, 0.15) is 55.7 Å². The first kappa shape index (κ1) is 24.1. The summed E-state index contributed by atoms with van der Waals surface area (Å²) in [5, 5.41) is 0. The van der Waals surface area contributed by atoms with Gasteiger partial charge in [-0.15, -0.1) is 0 Å². The highest BCUT2D eigenvalue weighted by Crippen LogP contribution is 2.44. The van der Waals surface area contributed by atoms with E-state index in [4.69, 9.17) is 0 Å². The van der Waals surface area contributed by atoms with E-state index in [-0.39, 0.29) is 17.8 Å². The number of carbonyl (C=O) groups excluding carboxylic acids is 1. The van der Waals surface area contributed by atoms with Crippen LogP contribution in [0.3, 0.4) is 0 Å². The average Bonchev–Trinajstić information content (AvgIpc) is 3.58. The Kier molecular flexibility index (Phi) is 7.03. The van der Waals surface area contributed by atoms with E-state index < -0.39 is 10.8 Å². The molecule has 184 valence electrons. The molecule has 2 aromatic carbocycles. The number of benzene rings is 2. The number of likely N-dealkylation sites (tertiary alicyclic amines) is 2. The fourth-order valence-electron chi connectivity index (χ4n) is 5.77. The zero-order chi connectivity index (χ0) is 24.5. The number of hydrogen-bond acceptors (Lipinski definition) is 3.